The fourth-order valence-corrected chi connectivity index (χ4v) is 5.73. The van der Waals surface area contributed by atoms with Crippen LogP contribution in [0.15, 0.2) is 72.7 Å². The van der Waals surface area contributed by atoms with Gasteiger partial charge in [-0.25, -0.2) is 0 Å². The van der Waals surface area contributed by atoms with Crippen molar-refractivity contribution in [3.05, 3.63) is 83.1 Å². The van der Waals surface area contributed by atoms with Gasteiger partial charge in [-0.1, -0.05) is 54.6 Å². The molecule has 3 atom stereocenters. The Morgan fingerprint density at radius 1 is 1.26 bits per heavy atom. The van der Waals surface area contributed by atoms with Crippen LogP contribution in [-0.2, 0) is 16.0 Å². The molecule has 2 aromatic rings. The highest BCUT2D eigenvalue weighted by Gasteiger charge is 2.39. The summed E-state index contributed by atoms with van der Waals surface area (Å²) < 4.78 is 0. The summed E-state index contributed by atoms with van der Waals surface area (Å²) in [6.45, 7) is 3.91. The molecule has 0 radical (unpaired) electrons. The normalized spacial score (nSPS) is 25.4. The van der Waals surface area contributed by atoms with E-state index in [4.69, 9.17) is 0 Å². The average Bonchev–Trinajstić information content (AvgIpc) is 3.43. The highest BCUT2D eigenvalue weighted by Crippen LogP contribution is 2.35. The molecule has 3 heterocycles. The average molecular weight is 435 g/mol. The summed E-state index contributed by atoms with van der Waals surface area (Å²) in [7, 11) is 0. The Bertz CT molecular complexity index is 938. The fraction of sp³-hybridized carbons (Fsp3) is 0.385. The summed E-state index contributed by atoms with van der Waals surface area (Å²) in [6.07, 6.45) is 11.1. The maximum Gasteiger partial charge on any atom is 0.223 e. The third kappa shape index (κ3) is 4.99. The Morgan fingerprint density at radius 3 is 2.77 bits per heavy atom. The number of carbonyl (C=O) groups is 2. The first-order chi connectivity index (χ1) is 15.1. The summed E-state index contributed by atoms with van der Waals surface area (Å²) in [5.41, 5.74) is 0.808. The number of carbonyl (C=O) groups excluding carboxylic acids is 2. The van der Waals surface area contributed by atoms with Crippen LogP contribution in [0.1, 0.15) is 55.0 Å². The van der Waals surface area contributed by atoms with Gasteiger partial charge in [-0.05, 0) is 42.7 Å². The molecule has 1 fully saturated rings. The fourth-order valence-electron chi connectivity index (χ4n) is 4.88. The van der Waals surface area contributed by atoms with Gasteiger partial charge in [0, 0.05) is 35.7 Å². The van der Waals surface area contributed by atoms with Crippen LogP contribution in [0.5, 0.6) is 0 Å². The predicted octanol–water partition coefficient (Wildman–Crippen LogP) is 5.19. The molecule has 2 aliphatic heterocycles. The van der Waals surface area contributed by atoms with Crippen LogP contribution >= 0.6 is 11.3 Å². The Balaban J connectivity index is 1.53. The Labute approximate surface area is 188 Å². The molecule has 0 bridgehead atoms. The molecule has 0 aliphatic carbocycles. The molecule has 1 aromatic heterocycles. The molecule has 1 aromatic carbocycles. The van der Waals surface area contributed by atoms with Crippen molar-refractivity contribution < 1.29 is 9.59 Å². The molecule has 0 saturated carbocycles. The first-order valence-corrected chi connectivity index (χ1v) is 12.0. The number of hydrogen-bond donors (Lipinski definition) is 1. The number of amides is 2. The minimum atomic E-state index is -0.320. The van der Waals surface area contributed by atoms with E-state index in [2.05, 4.69) is 47.6 Å². The summed E-state index contributed by atoms with van der Waals surface area (Å²) in [5.74, 6) is 0.244. The molecular weight excluding hydrogens is 404 g/mol. The first kappa shape index (κ1) is 21.6. The molecule has 1 saturated heterocycles. The number of hydrogen-bond acceptors (Lipinski definition) is 3. The summed E-state index contributed by atoms with van der Waals surface area (Å²) >= 11 is 1.71. The molecule has 2 amide bonds. The summed E-state index contributed by atoms with van der Waals surface area (Å²) in [4.78, 5) is 29.0. The van der Waals surface area contributed by atoms with Gasteiger partial charge in [0.2, 0.25) is 11.8 Å². The van der Waals surface area contributed by atoms with Crippen molar-refractivity contribution in [3.8, 4) is 0 Å². The van der Waals surface area contributed by atoms with E-state index in [1.165, 1.54) is 4.88 Å². The van der Waals surface area contributed by atoms with Crippen LogP contribution in [0.4, 0.5) is 0 Å². The third-order valence-electron chi connectivity index (χ3n) is 6.43. The zero-order chi connectivity index (χ0) is 21.7. The van der Waals surface area contributed by atoms with E-state index in [-0.39, 0.29) is 29.4 Å². The molecule has 31 heavy (non-hydrogen) atoms. The second kappa shape index (κ2) is 9.65. The monoisotopic (exact) mass is 434 g/mol. The van der Waals surface area contributed by atoms with Crippen molar-refractivity contribution in [2.45, 2.75) is 62.6 Å². The van der Waals surface area contributed by atoms with Crippen molar-refractivity contribution in [2.24, 2.45) is 0 Å². The molecule has 5 heteroatoms. The number of benzene rings is 1. The van der Waals surface area contributed by atoms with E-state index in [0.29, 0.717) is 19.3 Å². The summed E-state index contributed by atoms with van der Waals surface area (Å²) in [5, 5.41) is 5.27. The number of nitrogens with zero attached hydrogens (tertiary/aromatic N) is 1. The smallest absolute Gasteiger partial charge is 0.223 e. The lowest BCUT2D eigenvalue weighted by Crippen LogP contribution is -2.47. The van der Waals surface area contributed by atoms with Gasteiger partial charge < -0.3 is 10.2 Å². The minimum Gasteiger partial charge on any atom is -0.350 e. The Kier molecular flexibility index (Phi) is 6.71. The van der Waals surface area contributed by atoms with E-state index in [9.17, 15) is 9.59 Å². The lowest BCUT2D eigenvalue weighted by Gasteiger charge is -2.40. The van der Waals surface area contributed by atoms with E-state index in [0.717, 1.165) is 31.2 Å². The van der Waals surface area contributed by atoms with E-state index in [1.54, 1.807) is 11.3 Å². The van der Waals surface area contributed by atoms with E-state index < -0.39 is 0 Å². The van der Waals surface area contributed by atoms with Gasteiger partial charge >= 0.3 is 0 Å². The van der Waals surface area contributed by atoms with Gasteiger partial charge in [0.05, 0.1) is 6.04 Å². The highest BCUT2D eigenvalue weighted by atomic mass is 32.1. The van der Waals surface area contributed by atoms with Gasteiger partial charge in [-0.2, -0.15) is 0 Å². The van der Waals surface area contributed by atoms with Gasteiger partial charge in [0.15, 0.2) is 0 Å². The van der Waals surface area contributed by atoms with Gasteiger partial charge in [-0.15, -0.1) is 17.9 Å². The lowest BCUT2D eigenvalue weighted by molar-refractivity contribution is -0.136. The molecular formula is C26H30N2O2S. The van der Waals surface area contributed by atoms with Crippen molar-refractivity contribution in [3.63, 3.8) is 0 Å². The van der Waals surface area contributed by atoms with Gasteiger partial charge in [0.25, 0.3) is 0 Å². The van der Waals surface area contributed by atoms with Crippen LogP contribution in [0, 0.1) is 0 Å². The van der Waals surface area contributed by atoms with Gasteiger partial charge in [0.1, 0.15) is 0 Å². The van der Waals surface area contributed by atoms with Crippen molar-refractivity contribution >= 4 is 23.2 Å². The topological polar surface area (TPSA) is 49.4 Å². The lowest BCUT2D eigenvalue weighted by atomic mass is 9.86. The molecule has 1 unspecified atom stereocenters. The third-order valence-corrected chi connectivity index (χ3v) is 7.31. The quantitative estimate of drug-likeness (QED) is 0.581. The SMILES string of the molecule is C=CC[C@@H]1CC=C[C@@H](c2ccccc2)N1C(=O)CCC1(Cc2cccs2)CCC(=O)N1. The van der Waals surface area contributed by atoms with Crippen molar-refractivity contribution in [2.75, 3.05) is 0 Å². The maximum absolute atomic E-state index is 13.6. The standard InChI is InChI=1S/C26H30N2O2S/c1-2-8-21-11-6-13-23(20-9-4-3-5-10-20)28(21)25(30)15-17-26(16-14-24(29)27-26)19-22-12-7-18-31-22/h2-7,9-10,12-13,18,21,23H,1,8,11,14-17,19H2,(H,27,29)/t21-,23+,26?/m1/s1. The molecule has 162 valence electrons. The highest BCUT2D eigenvalue weighted by molar-refractivity contribution is 7.09. The van der Waals surface area contributed by atoms with Gasteiger partial charge in [-0.3, -0.25) is 9.59 Å². The van der Waals surface area contributed by atoms with E-state index >= 15 is 0 Å². The predicted molar refractivity (Wildman–Crippen MR) is 126 cm³/mol. The van der Waals surface area contributed by atoms with Crippen LogP contribution in [0.2, 0.25) is 0 Å². The molecule has 4 rings (SSSR count). The molecule has 2 aliphatic rings. The largest absolute Gasteiger partial charge is 0.350 e. The number of nitrogens with one attached hydrogen (secondary N) is 1. The van der Waals surface area contributed by atoms with E-state index in [1.807, 2.05) is 35.2 Å². The van der Waals surface area contributed by atoms with Crippen LogP contribution < -0.4 is 5.32 Å². The second-order valence-electron chi connectivity index (χ2n) is 8.58. The van der Waals surface area contributed by atoms with Crippen LogP contribution in [-0.4, -0.2) is 28.3 Å². The minimum absolute atomic E-state index is 0.0567. The van der Waals surface area contributed by atoms with Crippen LogP contribution in [0.25, 0.3) is 0 Å². The van der Waals surface area contributed by atoms with Crippen molar-refractivity contribution in [1.82, 2.24) is 10.2 Å². The molecule has 0 spiro atoms. The first-order valence-electron chi connectivity index (χ1n) is 11.1. The summed E-state index contributed by atoms with van der Waals surface area (Å²) in [6, 6.07) is 14.4. The number of rotatable bonds is 8. The molecule has 1 N–H and O–H groups in total. The zero-order valence-electron chi connectivity index (χ0n) is 17.8. The van der Waals surface area contributed by atoms with Crippen LogP contribution in [0.3, 0.4) is 0 Å². The second-order valence-corrected chi connectivity index (χ2v) is 9.62. The van der Waals surface area contributed by atoms with Crippen molar-refractivity contribution in [1.29, 1.82) is 0 Å². The number of thiophene rings is 1. The zero-order valence-corrected chi connectivity index (χ0v) is 18.7. The maximum atomic E-state index is 13.6. The Morgan fingerprint density at radius 2 is 2.10 bits per heavy atom. The Hall–Kier alpha value is -2.66. The molecule has 4 nitrogen and oxygen atoms in total.